The van der Waals surface area contributed by atoms with E-state index in [1.54, 1.807) is 0 Å². The van der Waals surface area contributed by atoms with E-state index in [9.17, 15) is 0 Å². The summed E-state index contributed by atoms with van der Waals surface area (Å²) in [7, 11) is 0. The number of nitrogens with one attached hydrogen (secondary N) is 1. The number of likely N-dealkylation sites (N-methyl/N-ethyl adjacent to an activating group) is 1. The first kappa shape index (κ1) is 13.7. The van der Waals surface area contributed by atoms with Crippen LogP contribution in [0.1, 0.15) is 27.7 Å². The second-order valence-electron chi connectivity index (χ2n) is 4.88. The third-order valence-corrected chi connectivity index (χ3v) is 3.18. The maximum atomic E-state index is 5.87. The van der Waals surface area contributed by atoms with E-state index < -0.39 is 0 Å². The van der Waals surface area contributed by atoms with Gasteiger partial charge in [0.25, 0.3) is 0 Å². The Kier molecular flexibility index (Phi) is 5.46. The summed E-state index contributed by atoms with van der Waals surface area (Å²) in [6.07, 6.45) is 0.244. The van der Waals surface area contributed by atoms with Gasteiger partial charge in [-0.1, -0.05) is 19.1 Å². The Hall–Kier alpha value is -0.380. The van der Waals surface area contributed by atoms with E-state index in [0.717, 1.165) is 31.8 Å². The molecule has 0 radical (unpaired) electrons. The number of ether oxygens (including phenoxy) is 1. The maximum absolute atomic E-state index is 5.87. The molecule has 94 valence electrons. The molecule has 2 unspecified atom stereocenters. The van der Waals surface area contributed by atoms with E-state index >= 15 is 0 Å². The highest BCUT2D eigenvalue weighted by Gasteiger charge is 2.28. The van der Waals surface area contributed by atoms with Crippen molar-refractivity contribution >= 4 is 0 Å². The molecule has 0 amide bonds. The molecule has 1 aliphatic heterocycles. The summed E-state index contributed by atoms with van der Waals surface area (Å²) in [6.45, 7) is 16.6. The molecule has 2 atom stereocenters. The van der Waals surface area contributed by atoms with Crippen LogP contribution in [-0.2, 0) is 4.74 Å². The number of nitrogens with zero attached hydrogens (tertiary/aromatic N) is 1. The first-order valence-corrected chi connectivity index (χ1v) is 6.30. The van der Waals surface area contributed by atoms with Crippen molar-refractivity contribution in [2.75, 3.05) is 26.2 Å². The van der Waals surface area contributed by atoms with E-state index in [0.29, 0.717) is 6.04 Å². The fraction of sp³-hybridized carbons (Fsp3) is 0.846. The standard InChI is InChI=1S/C13H26N2O/c1-6-14-13(10(2)3)12-9-15(11(4)5)7-8-16-12/h11-14H,2,6-9H2,1,3-5H3. The summed E-state index contributed by atoms with van der Waals surface area (Å²) < 4.78 is 5.87. The van der Waals surface area contributed by atoms with E-state index in [4.69, 9.17) is 4.74 Å². The predicted octanol–water partition coefficient (Wildman–Crippen LogP) is 1.65. The van der Waals surface area contributed by atoms with Gasteiger partial charge in [-0.15, -0.1) is 0 Å². The van der Waals surface area contributed by atoms with Gasteiger partial charge in [0.2, 0.25) is 0 Å². The molecule has 1 N–H and O–H groups in total. The monoisotopic (exact) mass is 226 g/mol. The maximum Gasteiger partial charge on any atom is 0.0893 e. The van der Waals surface area contributed by atoms with Crippen molar-refractivity contribution in [3.63, 3.8) is 0 Å². The van der Waals surface area contributed by atoms with Crippen LogP contribution in [0.2, 0.25) is 0 Å². The van der Waals surface area contributed by atoms with Gasteiger partial charge >= 0.3 is 0 Å². The Balaban J connectivity index is 2.59. The minimum absolute atomic E-state index is 0.244. The molecule has 0 spiro atoms. The lowest BCUT2D eigenvalue weighted by Gasteiger charge is -2.39. The van der Waals surface area contributed by atoms with Gasteiger partial charge in [0, 0.05) is 19.1 Å². The number of rotatable bonds is 5. The summed E-state index contributed by atoms with van der Waals surface area (Å²) in [4.78, 5) is 2.47. The molecule has 0 aromatic carbocycles. The third kappa shape index (κ3) is 3.58. The summed E-state index contributed by atoms with van der Waals surface area (Å²) in [6, 6.07) is 0.880. The van der Waals surface area contributed by atoms with Gasteiger partial charge < -0.3 is 10.1 Å². The van der Waals surface area contributed by atoms with Crippen LogP contribution in [0, 0.1) is 0 Å². The normalized spacial score (nSPS) is 24.7. The molecule has 0 aliphatic carbocycles. The average molecular weight is 226 g/mol. The average Bonchev–Trinajstić information content (AvgIpc) is 2.25. The minimum atomic E-state index is 0.244. The summed E-state index contributed by atoms with van der Waals surface area (Å²) >= 11 is 0. The molecule has 3 nitrogen and oxygen atoms in total. The summed E-state index contributed by atoms with van der Waals surface area (Å²) in [5.74, 6) is 0. The molecule has 3 heteroatoms. The van der Waals surface area contributed by atoms with Crippen LogP contribution in [-0.4, -0.2) is 49.3 Å². The Labute approximate surface area is 99.8 Å². The van der Waals surface area contributed by atoms with Crippen LogP contribution in [0.3, 0.4) is 0 Å². The SMILES string of the molecule is C=C(C)C(NCC)C1CN(C(C)C)CCO1. The van der Waals surface area contributed by atoms with Crippen molar-refractivity contribution in [1.82, 2.24) is 10.2 Å². The van der Waals surface area contributed by atoms with Gasteiger partial charge in [-0.3, -0.25) is 4.90 Å². The lowest BCUT2D eigenvalue weighted by molar-refractivity contribution is -0.0495. The lowest BCUT2D eigenvalue weighted by atomic mass is 10.0. The molecule has 1 fully saturated rings. The number of morpholine rings is 1. The second-order valence-corrected chi connectivity index (χ2v) is 4.88. The topological polar surface area (TPSA) is 24.5 Å². The fourth-order valence-electron chi connectivity index (χ4n) is 2.21. The molecule has 1 aliphatic rings. The molecule has 0 aromatic heterocycles. The van der Waals surface area contributed by atoms with Crippen molar-refractivity contribution in [2.24, 2.45) is 0 Å². The minimum Gasteiger partial charge on any atom is -0.374 e. The zero-order valence-corrected chi connectivity index (χ0v) is 11.1. The highest BCUT2D eigenvalue weighted by Crippen LogP contribution is 2.15. The molecule has 1 rings (SSSR count). The second kappa shape index (κ2) is 6.38. The largest absolute Gasteiger partial charge is 0.374 e. The highest BCUT2D eigenvalue weighted by molar-refractivity contribution is 5.06. The van der Waals surface area contributed by atoms with Crippen LogP contribution in [0.25, 0.3) is 0 Å². The van der Waals surface area contributed by atoms with Crippen LogP contribution in [0.5, 0.6) is 0 Å². The number of hydrogen-bond donors (Lipinski definition) is 1. The first-order valence-electron chi connectivity index (χ1n) is 6.30. The first-order chi connectivity index (χ1) is 7.56. The van der Waals surface area contributed by atoms with Gasteiger partial charge in [-0.2, -0.15) is 0 Å². The summed E-state index contributed by atoms with van der Waals surface area (Å²) in [5, 5.41) is 3.46. The summed E-state index contributed by atoms with van der Waals surface area (Å²) in [5.41, 5.74) is 1.16. The van der Waals surface area contributed by atoms with Gasteiger partial charge in [-0.05, 0) is 27.3 Å². The van der Waals surface area contributed by atoms with E-state index in [1.807, 2.05) is 0 Å². The van der Waals surface area contributed by atoms with Crippen molar-refractivity contribution in [3.05, 3.63) is 12.2 Å². The Morgan fingerprint density at radius 2 is 2.25 bits per heavy atom. The van der Waals surface area contributed by atoms with Crippen molar-refractivity contribution in [1.29, 1.82) is 0 Å². The third-order valence-electron chi connectivity index (χ3n) is 3.18. The van der Waals surface area contributed by atoms with Crippen molar-refractivity contribution < 1.29 is 4.74 Å². The van der Waals surface area contributed by atoms with Crippen molar-refractivity contribution in [2.45, 2.75) is 45.9 Å². The van der Waals surface area contributed by atoms with Gasteiger partial charge in [0.15, 0.2) is 0 Å². The fourth-order valence-corrected chi connectivity index (χ4v) is 2.21. The molecule has 16 heavy (non-hydrogen) atoms. The Morgan fingerprint density at radius 3 is 2.75 bits per heavy atom. The van der Waals surface area contributed by atoms with Gasteiger partial charge in [0.1, 0.15) is 0 Å². The Bertz CT molecular complexity index is 228. The van der Waals surface area contributed by atoms with Crippen LogP contribution in [0.4, 0.5) is 0 Å². The molecule has 0 saturated carbocycles. The van der Waals surface area contributed by atoms with E-state index in [-0.39, 0.29) is 12.1 Å². The van der Waals surface area contributed by atoms with Gasteiger partial charge in [-0.25, -0.2) is 0 Å². The molecule has 0 bridgehead atoms. The zero-order valence-electron chi connectivity index (χ0n) is 11.1. The quantitative estimate of drug-likeness (QED) is 0.721. The number of hydrogen-bond acceptors (Lipinski definition) is 3. The van der Waals surface area contributed by atoms with Crippen LogP contribution < -0.4 is 5.32 Å². The predicted molar refractivity (Wildman–Crippen MR) is 68.7 cm³/mol. The molecule has 1 heterocycles. The Morgan fingerprint density at radius 1 is 1.56 bits per heavy atom. The van der Waals surface area contributed by atoms with E-state index in [1.165, 1.54) is 0 Å². The van der Waals surface area contributed by atoms with Crippen LogP contribution >= 0.6 is 0 Å². The highest BCUT2D eigenvalue weighted by atomic mass is 16.5. The molecular formula is C13H26N2O. The van der Waals surface area contributed by atoms with Crippen molar-refractivity contribution in [3.8, 4) is 0 Å². The van der Waals surface area contributed by atoms with Crippen LogP contribution in [0.15, 0.2) is 12.2 Å². The lowest BCUT2D eigenvalue weighted by Crippen LogP contribution is -2.54. The van der Waals surface area contributed by atoms with Gasteiger partial charge in [0.05, 0.1) is 18.8 Å². The zero-order chi connectivity index (χ0) is 12.1. The molecule has 1 saturated heterocycles. The molecular weight excluding hydrogens is 200 g/mol. The smallest absolute Gasteiger partial charge is 0.0893 e. The van der Waals surface area contributed by atoms with E-state index in [2.05, 4.69) is 44.5 Å². The molecule has 0 aromatic rings.